The molecule has 0 radical (unpaired) electrons. The molecule has 2 aliphatic rings. The Morgan fingerprint density at radius 2 is 1.32 bits per heavy atom. The zero-order valence-electron chi connectivity index (χ0n) is 18.5. The molecule has 3 unspecified atom stereocenters. The van der Waals surface area contributed by atoms with Crippen LogP contribution in [0.4, 0.5) is 4.79 Å². The molecule has 2 aliphatic carbocycles. The van der Waals surface area contributed by atoms with E-state index in [1.54, 1.807) is 0 Å². The molecule has 3 atom stereocenters. The molecule has 0 fully saturated rings. The predicted octanol–water partition coefficient (Wildman–Crippen LogP) is 4.58. The smallest absolute Gasteiger partial charge is 0.315 e. The van der Waals surface area contributed by atoms with Gasteiger partial charge in [-0.1, -0.05) is 62.4 Å². The van der Waals surface area contributed by atoms with E-state index in [0.717, 1.165) is 38.5 Å². The lowest BCUT2D eigenvalue weighted by molar-refractivity contribution is -0.124. The van der Waals surface area contributed by atoms with E-state index in [9.17, 15) is 9.59 Å². The van der Waals surface area contributed by atoms with Crippen molar-refractivity contribution in [2.75, 3.05) is 0 Å². The van der Waals surface area contributed by atoms with E-state index in [0.29, 0.717) is 0 Å². The predicted molar refractivity (Wildman–Crippen MR) is 123 cm³/mol. The lowest BCUT2D eigenvalue weighted by Gasteiger charge is -2.30. The minimum absolute atomic E-state index is 0.00813. The van der Waals surface area contributed by atoms with E-state index in [1.807, 2.05) is 32.0 Å². The first-order valence-corrected chi connectivity index (χ1v) is 11.6. The third-order valence-electron chi connectivity index (χ3n) is 6.60. The number of urea groups is 1. The van der Waals surface area contributed by atoms with Crippen LogP contribution in [0.2, 0.25) is 0 Å². The van der Waals surface area contributed by atoms with Crippen LogP contribution in [0.1, 0.15) is 73.9 Å². The van der Waals surface area contributed by atoms with Gasteiger partial charge in [0.1, 0.15) is 6.04 Å². The standard InChI is InChI=1S/C26H33N3O2/c1-17(2)24(25(30)27-22-15-7-11-18-9-3-5-13-20(18)22)29-26(31)28-23-16-8-12-19-10-4-6-14-21(19)23/h3-6,9-10,13-14,17,22-24H,7-8,11-12,15-16H2,1-2H3,(H,27,30)(H2,28,29,31). The summed E-state index contributed by atoms with van der Waals surface area (Å²) in [5.41, 5.74) is 5.00. The van der Waals surface area contributed by atoms with E-state index in [-0.39, 0.29) is 29.9 Å². The number of amides is 3. The van der Waals surface area contributed by atoms with Gasteiger partial charge in [0.05, 0.1) is 12.1 Å². The van der Waals surface area contributed by atoms with Crippen LogP contribution < -0.4 is 16.0 Å². The van der Waals surface area contributed by atoms with Gasteiger partial charge in [0, 0.05) is 0 Å². The third-order valence-corrected chi connectivity index (χ3v) is 6.60. The fourth-order valence-electron chi connectivity index (χ4n) is 4.95. The molecule has 5 heteroatoms. The number of benzene rings is 2. The van der Waals surface area contributed by atoms with Crippen LogP contribution in [-0.4, -0.2) is 18.0 Å². The topological polar surface area (TPSA) is 70.2 Å². The molecule has 2 aromatic carbocycles. The van der Waals surface area contributed by atoms with Gasteiger partial charge in [0.15, 0.2) is 0 Å². The summed E-state index contributed by atoms with van der Waals surface area (Å²) in [7, 11) is 0. The van der Waals surface area contributed by atoms with Gasteiger partial charge in [-0.3, -0.25) is 4.79 Å². The molecular formula is C26H33N3O2. The van der Waals surface area contributed by atoms with E-state index >= 15 is 0 Å². The van der Waals surface area contributed by atoms with Crippen molar-refractivity contribution in [2.24, 2.45) is 5.92 Å². The van der Waals surface area contributed by atoms with Gasteiger partial charge >= 0.3 is 6.03 Å². The summed E-state index contributed by atoms with van der Waals surface area (Å²) in [4.78, 5) is 26.0. The Hall–Kier alpha value is -2.82. The fraction of sp³-hybridized carbons (Fsp3) is 0.462. The minimum Gasteiger partial charge on any atom is -0.347 e. The van der Waals surface area contributed by atoms with Crippen LogP contribution in [0.5, 0.6) is 0 Å². The lowest BCUT2D eigenvalue weighted by atomic mass is 9.87. The first-order chi connectivity index (χ1) is 15.0. The molecule has 0 bridgehead atoms. The monoisotopic (exact) mass is 419 g/mol. The summed E-state index contributed by atoms with van der Waals surface area (Å²) in [5, 5.41) is 9.25. The maximum Gasteiger partial charge on any atom is 0.315 e. The maximum atomic E-state index is 13.1. The molecule has 0 spiro atoms. The van der Waals surface area contributed by atoms with Crippen LogP contribution in [-0.2, 0) is 17.6 Å². The summed E-state index contributed by atoms with van der Waals surface area (Å²) in [5.74, 6) is -0.126. The molecular weight excluding hydrogens is 386 g/mol. The van der Waals surface area contributed by atoms with E-state index in [1.165, 1.54) is 22.3 Å². The first-order valence-electron chi connectivity index (χ1n) is 11.6. The molecule has 164 valence electrons. The van der Waals surface area contributed by atoms with Gasteiger partial charge in [-0.25, -0.2) is 4.79 Å². The van der Waals surface area contributed by atoms with Crippen molar-refractivity contribution in [3.63, 3.8) is 0 Å². The van der Waals surface area contributed by atoms with Gasteiger partial charge in [0.25, 0.3) is 0 Å². The highest BCUT2D eigenvalue weighted by Gasteiger charge is 2.29. The summed E-state index contributed by atoms with van der Waals surface area (Å²) < 4.78 is 0. The molecule has 0 saturated heterocycles. The van der Waals surface area contributed by atoms with E-state index in [2.05, 4.69) is 46.3 Å². The highest BCUT2D eigenvalue weighted by molar-refractivity contribution is 5.87. The van der Waals surface area contributed by atoms with Crippen molar-refractivity contribution in [2.45, 2.75) is 70.5 Å². The molecule has 2 aromatic rings. The number of hydrogen-bond acceptors (Lipinski definition) is 2. The normalized spacial score (nSPS) is 20.9. The summed E-state index contributed by atoms with van der Waals surface area (Å²) >= 11 is 0. The van der Waals surface area contributed by atoms with Gasteiger partial charge in [0.2, 0.25) is 5.91 Å². The van der Waals surface area contributed by atoms with Crippen LogP contribution in [0.3, 0.4) is 0 Å². The average molecular weight is 420 g/mol. The second-order valence-corrected chi connectivity index (χ2v) is 9.14. The second-order valence-electron chi connectivity index (χ2n) is 9.14. The number of hydrogen-bond donors (Lipinski definition) is 3. The number of carbonyl (C=O) groups excluding carboxylic acids is 2. The Bertz CT molecular complexity index is 940. The zero-order valence-corrected chi connectivity index (χ0v) is 18.5. The molecule has 4 rings (SSSR count). The van der Waals surface area contributed by atoms with Crippen LogP contribution in [0.25, 0.3) is 0 Å². The molecule has 0 saturated carbocycles. The zero-order chi connectivity index (χ0) is 21.8. The Kier molecular flexibility index (Phi) is 6.59. The van der Waals surface area contributed by atoms with Crippen molar-refractivity contribution < 1.29 is 9.59 Å². The molecule has 0 aliphatic heterocycles. The highest BCUT2D eigenvalue weighted by atomic mass is 16.2. The van der Waals surface area contributed by atoms with Crippen molar-refractivity contribution in [1.29, 1.82) is 0 Å². The van der Waals surface area contributed by atoms with E-state index < -0.39 is 6.04 Å². The molecule has 31 heavy (non-hydrogen) atoms. The Morgan fingerprint density at radius 3 is 1.87 bits per heavy atom. The van der Waals surface area contributed by atoms with Crippen LogP contribution in [0.15, 0.2) is 48.5 Å². The first kappa shape index (κ1) is 21.4. The Morgan fingerprint density at radius 1 is 0.806 bits per heavy atom. The van der Waals surface area contributed by atoms with Gasteiger partial charge in [-0.05, 0) is 66.7 Å². The third kappa shape index (κ3) is 4.92. The highest BCUT2D eigenvalue weighted by Crippen LogP contribution is 2.30. The van der Waals surface area contributed by atoms with Gasteiger partial charge in [-0.15, -0.1) is 0 Å². The largest absolute Gasteiger partial charge is 0.347 e. The van der Waals surface area contributed by atoms with Crippen LogP contribution in [0, 0.1) is 5.92 Å². The molecule has 3 amide bonds. The van der Waals surface area contributed by atoms with Gasteiger partial charge in [-0.2, -0.15) is 0 Å². The van der Waals surface area contributed by atoms with Crippen molar-refractivity contribution in [1.82, 2.24) is 16.0 Å². The number of fused-ring (bicyclic) bond motifs is 2. The van der Waals surface area contributed by atoms with E-state index in [4.69, 9.17) is 0 Å². The average Bonchev–Trinajstić information content (AvgIpc) is 2.78. The van der Waals surface area contributed by atoms with Gasteiger partial charge < -0.3 is 16.0 Å². The Balaban J connectivity index is 1.40. The van der Waals surface area contributed by atoms with Crippen molar-refractivity contribution in [3.05, 3.63) is 70.8 Å². The SMILES string of the molecule is CC(C)C(NC(=O)NC1CCCc2ccccc21)C(=O)NC1CCCc2ccccc21. The second kappa shape index (κ2) is 9.54. The summed E-state index contributed by atoms with van der Waals surface area (Å²) in [6.07, 6.45) is 6.07. The van der Waals surface area contributed by atoms with Crippen molar-refractivity contribution >= 4 is 11.9 Å². The molecule has 0 aromatic heterocycles. The maximum absolute atomic E-state index is 13.1. The fourth-order valence-corrected chi connectivity index (χ4v) is 4.95. The number of carbonyl (C=O) groups is 2. The Labute approximate surface area is 185 Å². The summed E-state index contributed by atoms with van der Waals surface area (Å²) in [6.45, 7) is 3.94. The number of aryl methyl sites for hydroxylation is 2. The number of nitrogens with one attached hydrogen (secondary N) is 3. The molecule has 0 heterocycles. The quantitative estimate of drug-likeness (QED) is 0.664. The minimum atomic E-state index is -0.576. The number of rotatable bonds is 5. The molecule has 3 N–H and O–H groups in total. The summed E-state index contributed by atoms with van der Waals surface area (Å²) in [6, 6.07) is 15.7. The van der Waals surface area contributed by atoms with Crippen LogP contribution >= 0.6 is 0 Å². The lowest BCUT2D eigenvalue weighted by Crippen LogP contribution is -2.53. The van der Waals surface area contributed by atoms with Crippen molar-refractivity contribution in [3.8, 4) is 0 Å². The molecule has 5 nitrogen and oxygen atoms in total.